The van der Waals surface area contributed by atoms with Crippen molar-refractivity contribution in [1.82, 2.24) is 9.88 Å². The number of rotatable bonds is 3. The Hall–Kier alpha value is -0.760. The lowest BCUT2D eigenvalue weighted by molar-refractivity contribution is 0.350. The van der Waals surface area contributed by atoms with Crippen LogP contribution in [-0.2, 0) is 13.0 Å². The van der Waals surface area contributed by atoms with Crippen LogP contribution in [0, 0.1) is 5.41 Å². The van der Waals surface area contributed by atoms with Gasteiger partial charge in [-0.3, -0.25) is 0 Å². The van der Waals surface area contributed by atoms with Gasteiger partial charge in [-0.2, -0.15) is 0 Å². The third-order valence-corrected chi connectivity index (χ3v) is 3.78. The normalized spacial score (nSPS) is 20.4. The summed E-state index contributed by atoms with van der Waals surface area (Å²) in [6, 6.07) is 0.578. The zero-order chi connectivity index (χ0) is 12.5. The lowest BCUT2D eigenvalue weighted by Gasteiger charge is -2.21. The van der Waals surface area contributed by atoms with Gasteiger partial charge in [0.25, 0.3) is 0 Å². The van der Waals surface area contributed by atoms with Crippen LogP contribution in [0.4, 0.5) is 0 Å². The molecule has 96 valence electrons. The highest BCUT2D eigenvalue weighted by Crippen LogP contribution is 2.30. The van der Waals surface area contributed by atoms with Crippen LogP contribution in [0.2, 0.25) is 0 Å². The molecule has 1 aromatic rings. The van der Waals surface area contributed by atoms with Crippen molar-refractivity contribution in [2.24, 2.45) is 5.41 Å². The third kappa shape index (κ3) is 3.12. The molecule has 0 saturated carbocycles. The van der Waals surface area contributed by atoms with Crippen LogP contribution >= 0.6 is 0 Å². The topological polar surface area (TPSA) is 17.0 Å². The zero-order valence-electron chi connectivity index (χ0n) is 11.7. The summed E-state index contributed by atoms with van der Waals surface area (Å²) in [6.07, 6.45) is 9.83. The smallest absolute Gasteiger partial charge is 0.0335 e. The second-order valence-electron chi connectivity index (χ2n) is 6.52. The minimum absolute atomic E-state index is 0.424. The number of nitrogens with one attached hydrogen (secondary N) is 1. The Bertz CT molecular complexity index is 371. The maximum Gasteiger partial charge on any atom is 0.0335 e. The molecule has 1 heterocycles. The van der Waals surface area contributed by atoms with Crippen molar-refractivity contribution < 1.29 is 0 Å². The molecule has 1 atom stereocenters. The summed E-state index contributed by atoms with van der Waals surface area (Å²) in [6.45, 7) is 8.08. The number of hydrogen-bond acceptors (Lipinski definition) is 1. The largest absolute Gasteiger partial charge is 0.354 e. The van der Waals surface area contributed by atoms with E-state index in [2.05, 4.69) is 50.1 Å². The monoisotopic (exact) mass is 234 g/mol. The predicted octanol–water partition coefficient (Wildman–Crippen LogP) is 3.52. The highest BCUT2D eigenvalue weighted by atomic mass is 15.0. The molecule has 2 nitrogen and oxygen atoms in total. The second kappa shape index (κ2) is 4.85. The van der Waals surface area contributed by atoms with Crippen molar-refractivity contribution in [2.45, 2.75) is 59.0 Å². The molecule has 1 aliphatic rings. The molecule has 1 aromatic heterocycles. The standard InChI is InChI=1S/C15H26N2/c1-15(2,3)8-9-17-10-12-6-5-7-14(16-4)13(12)11-17/h10-11,14,16H,5-9H2,1-4H3. The van der Waals surface area contributed by atoms with Crippen LogP contribution in [0.15, 0.2) is 12.4 Å². The highest BCUT2D eigenvalue weighted by molar-refractivity contribution is 5.30. The third-order valence-electron chi connectivity index (χ3n) is 3.78. The van der Waals surface area contributed by atoms with Crippen molar-refractivity contribution in [3.63, 3.8) is 0 Å². The Morgan fingerprint density at radius 3 is 2.76 bits per heavy atom. The molecule has 0 amide bonds. The Kier molecular flexibility index (Phi) is 3.62. The molecule has 0 bridgehead atoms. The fourth-order valence-electron chi connectivity index (χ4n) is 2.64. The molecule has 0 radical (unpaired) electrons. The van der Waals surface area contributed by atoms with Gasteiger partial charge >= 0.3 is 0 Å². The van der Waals surface area contributed by atoms with E-state index in [9.17, 15) is 0 Å². The van der Waals surface area contributed by atoms with Crippen LogP contribution in [0.5, 0.6) is 0 Å². The number of fused-ring (bicyclic) bond motifs is 1. The number of aromatic nitrogens is 1. The quantitative estimate of drug-likeness (QED) is 0.846. The maximum atomic E-state index is 3.43. The van der Waals surface area contributed by atoms with Crippen molar-refractivity contribution in [2.75, 3.05) is 7.05 Å². The van der Waals surface area contributed by atoms with Gasteiger partial charge in [-0.1, -0.05) is 20.8 Å². The van der Waals surface area contributed by atoms with Gasteiger partial charge in [-0.15, -0.1) is 0 Å². The molecule has 17 heavy (non-hydrogen) atoms. The molecule has 1 unspecified atom stereocenters. The average molecular weight is 234 g/mol. The molecular weight excluding hydrogens is 208 g/mol. The molecule has 0 fully saturated rings. The average Bonchev–Trinajstić information content (AvgIpc) is 2.67. The van der Waals surface area contributed by atoms with Gasteiger partial charge in [-0.05, 0) is 49.3 Å². The highest BCUT2D eigenvalue weighted by Gasteiger charge is 2.20. The van der Waals surface area contributed by atoms with Crippen molar-refractivity contribution in [3.8, 4) is 0 Å². The van der Waals surface area contributed by atoms with E-state index in [1.807, 2.05) is 0 Å². The summed E-state index contributed by atoms with van der Waals surface area (Å²) in [4.78, 5) is 0. The molecule has 0 aromatic carbocycles. The van der Waals surface area contributed by atoms with E-state index in [0.717, 1.165) is 6.54 Å². The van der Waals surface area contributed by atoms with Gasteiger partial charge in [-0.25, -0.2) is 0 Å². The van der Waals surface area contributed by atoms with Crippen molar-refractivity contribution in [1.29, 1.82) is 0 Å². The first-order chi connectivity index (χ1) is 7.99. The van der Waals surface area contributed by atoms with Crippen LogP contribution in [0.3, 0.4) is 0 Å². The SMILES string of the molecule is CNC1CCCc2cn(CCC(C)(C)C)cc21. The van der Waals surface area contributed by atoms with E-state index in [1.54, 1.807) is 5.56 Å². The van der Waals surface area contributed by atoms with Crippen molar-refractivity contribution >= 4 is 0 Å². The molecular formula is C15H26N2. The predicted molar refractivity (Wildman–Crippen MR) is 73.2 cm³/mol. The molecule has 1 N–H and O–H groups in total. The Morgan fingerprint density at radius 1 is 1.35 bits per heavy atom. The van der Waals surface area contributed by atoms with Gasteiger partial charge in [0.05, 0.1) is 0 Å². The molecule has 0 aliphatic heterocycles. The van der Waals surface area contributed by atoms with Crippen LogP contribution in [-0.4, -0.2) is 11.6 Å². The Labute approximate surface area is 105 Å². The molecule has 0 spiro atoms. The summed E-state index contributed by atoms with van der Waals surface area (Å²) < 4.78 is 2.39. The first-order valence-corrected chi connectivity index (χ1v) is 6.85. The van der Waals surface area contributed by atoms with Gasteiger partial charge in [0, 0.05) is 25.0 Å². The van der Waals surface area contributed by atoms with Crippen molar-refractivity contribution in [3.05, 3.63) is 23.5 Å². The lowest BCUT2D eigenvalue weighted by Crippen LogP contribution is -2.20. The summed E-state index contributed by atoms with van der Waals surface area (Å²) >= 11 is 0. The van der Waals surface area contributed by atoms with E-state index in [1.165, 1.54) is 31.2 Å². The van der Waals surface area contributed by atoms with Gasteiger partial charge < -0.3 is 9.88 Å². The number of hydrogen-bond donors (Lipinski definition) is 1. The van der Waals surface area contributed by atoms with Gasteiger partial charge in [0.2, 0.25) is 0 Å². The first-order valence-electron chi connectivity index (χ1n) is 6.85. The molecule has 2 rings (SSSR count). The molecule has 0 saturated heterocycles. The summed E-state index contributed by atoms with van der Waals surface area (Å²) in [5.41, 5.74) is 3.52. The fraction of sp³-hybridized carbons (Fsp3) is 0.733. The van der Waals surface area contributed by atoms with Crippen LogP contribution in [0.1, 0.15) is 57.2 Å². The van der Waals surface area contributed by atoms with E-state index in [-0.39, 0.29) is 0 Å². The Morgan fingerprint density at radius 2 is 2.12 bits per heavy atom. The fourth-order valence-corrected chi connectivity index (χ4v) is 2.64. The van der Waals surface area contributed by atoms with Crippen LogP contribution in [0.25, 0.3) is 0 Å². The van der Waals surface area contributed by atoms with E-state index >= 15 is 0 Å². The number of nitrogens with zero attached hydrogens (tertiary/aromatic N) is 1. The maximum absolute atomic E-state index is 3.43. The zero-order valence-corrected chi connectivity index (χ0v) is 11.7. The lowest BCUT2D eigenvalue weighted by atomic mass is 9.91. The van der Waals surface area contributed by atoms with Crippen LogP contribution < -0.4 is 5.32 Å². The molecule has 2 heteroatoms. The summed E-state index contributed by atoms with van der Waals surface area (Å²) in [5, 5.41) is 3.43. The minimum Gasteiger partial charge on any atom is -0.354 e. The number of aryl methyl sites for hydroxylation is 2. The van der Waals surface area contributed by atoms with E-state index in [0.29, 0.717) is 11.5 Å². The van der Waals surface area contributed by atoms with Gasteiger partial charge in [0.15, 0.2) is 0 Å². The molecule has 1 aliphatic carbocycles. The minimum atomic E-state index is 0.424. The first kappa shape index (κ1) is 12.7. The second-order valence-corrected chi connectivity index (χ2v) is 6.52. The summed E-state index contributed by atoms with van der Waals surface area (Å²) in [7, 11) is 2.08. The Balaban J connectivity index is 2.08. The van der Waals surface area contributed by atoms with E-state index < -0.39 is 0 Å². The van der Waals surface area contributed by atoms with E-state index in [4.69, 9.17) is 0 Å². The van der Waals surface area contributed by atoms with Gasteiger partial charge in [0.1, 0.15) is 0 Å². The summed E-state index contributed by atoms with van der Waals surface area (Å²) in [5.74, 6) is 0.